The van der Waals surface area contributed by atoms with Crippen molar-refractivity contribution < 1.29 is 0 Å². The standard InChI is InChI=1S/C13H22N2S/c1-10-13(16-9-15-10)7-6-12(8-14)11-4-2-3-5-11/h9,11-12H,2-8,14H2,1H3. The summed E-state index contributed by atoms with van der Waals surface area (Å²) >= 11 is 1.79. The van der Waals surface area contributed by atoms with Gasteiger partial charge in [-0.3, -0.25) is 0 Å². The Bertz CT molecular complexity index is 315. The van der Waals surface area contributed by atoms with Crippen molar-refractivity contribution in [2.24, 2.45) is 17.6 Å². The first-order valence-corrected chi connectivity index (χ1v) is 7.28. The van der Waals surface area contributed by atoms with E-state index in [9.17, 15) is 0 Å². The summed E-state index contributed by atoms with van der Waals surface area (Å²) in [6.45, 7) is 2.97. The largest absolute Gasteiger partial charge is 0.330 e. The van der Waals surface area contributed by atoms with Crippen LogP contribution >= 0.6 is 11.3 Å². The van der Waals surface area contributed by atoms with E-state index in [0.717, 1.165) is 18.4 Å². The van der Waals surface area contributed by atoms with E-state index in [2.05, 4.69) is 11.9 Å². The summed E-state index contributed by atoms with van der Waals surface area (Å²) in [6, 6.07) is 0. The number of hydrogen-bond donors (Lipinski definition) is 1. The van der Waals surface area contributed by atoms with Gasteiger partial charge in [-0.15, -0.1) is 11.3 Å². The van der Waals surface area contributed by atoms with Crippen molar-refractivity contribution in [3.63, 3.8) is 0 Å². The van der Waals surface area contributed by atoms with Gasteiger partial charge in [0.15, 0.2) is 0 Å². The van der Waals surface area contributed by atoms with Crippen LogP contribution in [0.15, 0.2) is 5.51 Å². The summed E-state index contributed by atoms with van der Waals surface area (Å²) in [6.07, 6.45) is 8.08. The molecule has 1 aliphatic rings. The number of nitrogens with zero attached hydrogens (tertiary/aromatic N) is 1. The lowest BCUT2D eigenvalue weighted by atomic mass is 9.87. The zero-order chi connectivity index (χ0) is 11.4. The van der Waals surface area contributed by atoms with Crippen LogP contribution in [0.5, 0.6) is 0 Å². The number of thiazole rings is 1. The maximum atomic E-state index is 5.92. The van der Waals surface area contributed by atoms with Gasteiger partial charge in [-0.1, -0.05) is 25.7 Å². The van der Waals surface area contributed by atoms with E-state index < -0.39 is 0 Å². The lowest BCUT2D eigenvalue weighted by molar-refractivity contribution is 0.327. The molecule has 1 unspecified atom stereocenters. The molecule has 1 aromatic rings. The highest BCUT2D eigenvalue weighted by atomic mass is 32.1. The molecule has 0 aliphatic heterocycles. The van der Waals surface area contributed by atoms with E-state index in [0.29, 0.717) is 0 Å². The monoisotopic (exact) mass is 238 g/mol. The van der Waals surface area contributed by atoms with E-state index in [4.69, 9.17) is 5.73 Å². The van der Waals surface area contributed by atoms with Crippen molar-refractivity contribution >= 4 is 11.3 Å². The summed E-state index contributed by atoms with van der Waals surface area (Å²) in [4.78, 5) is 5.76. The first-order valence-electron chi connectivity index (χ1n) is 6.40. The molecule has 1 aliphatic carbocycles. The Hall–Kier alpha value is -0.410. The van der Waals surface area contributed by atoms with Crippen LogP contribution in [0.4, 0.5) is 0 Å². The molecule has 1 aromatic heterocycles. The smallest absolute Gasteiger partial charge is 0.0797 e. The van der Waals surface area contributed by atoms with Gasteiger partial charge in [0.1, 0.15) is 0 Å². The molecule has 0 radical (unpaired) electrons. The van der Waals surface area contributed by atoms with E-state index >= 15 is 0 Å². The van der Waals surface area contributed by atoms with Crippen LogP contribution in [0.1, 0.15) is 42.7 Å². The van der Waals surface area contributed by atoms with Crippen LogP contribution in [-0.2, 0) is 6.42 Å². The molecule has 1 saturated carbocycles. The summed E-state index contributed by atoms with van der Waals surface area (Å²) in [5, 5.41) is 0. The van der Waals surface area contributed by atoms with Crippen LogP contribution in [0.25, 0.3) is 0 Å². The topological polar surface area (TPSA) is 38.9 Å². The van der Waals surface area contributed by atoms with Gasteiger partial charge in [-0.05, 0) is 38.1 Å². The maximum Gasteiger partial charge on any atom is 0.0797 e. The summed E-state index contributed by atoms with van der Waals surface area (Å²) in [5.41, 5.74) is 9.09. The van der Waals surface area contributed by atoms with Crippen LogP contribution < -0.4 is 5.73 Å². The lowest BCUT2D eigenvalue weighted by Gasteiger charge is -2.21. The van der Waals surface area contributed by atoms with E-state index in [-0.39, 0.29) is 0 Å². The fourth-order valence-electron chi connectivity index (χ4n) is 2.86. The number of rotatable bonds is 5. The summed E-state index contributed by atoms with van der Waals surface area (Å²) < 4.78 is 0. The first kappa shape index (κ1) is 12.1. The molecule has 90 valence electrons. The molecule has 0 aromatic carbocycles. The Kier molecular flexibility index (Phi) is 4.36. The van der Waals surface area contributed by atoms with Crippen molar-refractivity contribution in [2.75, 3.05) is 6.54 Å². The second kappa shape index (κ2) is 5.78. The molecule has 0 saturated heterocycles. The predicted octanol–water partition coefficient (Wildman–Crippen LogP) is 3.15. The molecule has 1 fully saturated rings. The Morgan fingerprint density at radius 1 is 1.50 bits per heavy atom. The van der Waals surface area contributed by atoms with Crippen LogP contribution in [0.2, 0.25) is 0 Å². The number of aromatic nitrogens is 1. The zero-order valence-electron chi connectivity index (χ0n) is 10.1. The van der Waals surface area contributed by atoms with Gasteiger partial charge >= 0.3 is 0 Å². The van der Waals surface area contributed by atoms with Crippen molar-refractivity contribution in [1.29, 1.82) is 0 Å². The third kappa shape index (κ3) is 2.83. The van der Waals surface area contributed by atoms with Gasteiger partial charge in [-0.2, -0.15) is 0 Å². The van der Waals surface area contributed by atoms with E-state index in [1.165, 1.54) is 49.1 Å². The third-order valence-corrected chi connectivity index (χ3v) is 4.95. The molecule has 0 spiro atoms. The number of nitrogens with two attached hydrogens (primary N) is 1. The molecule has 1 heterocycles. The minimum atomic E-state index is 0.740. The minimum Gasteiger partial charge on any atom is -0.330 e. The first-order chi connectivity index (χ1) is 7.81. The van der Waals surface area contributed by atoms with Gasteiger partial charge in [-0.25, -0.2) is 4.98 Å². The third-order valence-electron chi connectivity index (χ3n) is 3.96. The molecule has 3 heteroatoms. The second-order valence-corrected chi connectivity index (χ2v) is 5.88. The Balaban J connectivity index is 1.85. The molecular weight excluding hydrogens is 216 g/mol. The Labute approximate surface area is 102 Å². The highest BCUT2D eigenvalue weighted by Gasteiger charge is 2.23. The van der Waals surface area contributed by atoms with Crippen LogP contribution in [-0.4, -0.2) is 11.5 Å². The fraction of sp³-hybridized carbons (Fsp3) is 0.769. The average Bonchev–Trinajstić information content (AvgIpc) is 2.92. The maximum absolute atomic E-state index is 5.92. The van der Waals surface area contributed by atoms with Crippen molar-refractivity contribution in [1.82, 2.24) is 4.98 Å². The molecule has 0 bridgehead atoms. The quantitative estimate of drug-likeness (QED) is 0.856. The van der Waals surface area contributed by atoms with E-state index in [1.54, 1.807) is 11.3 Å². The Morgan fingerprint density at radius 3 is 2.81 bits per heavy atom. The zero-order valence-corrected chi connectivity index (χ0v) is 10.9. The minimum absolute atomic E-state index is 0.740. The Morgan fingerprint density at radius 2 is 2.25 bits per heavy atom. The second-order valence-electron chi connectivity index (χ2n) is 4.94. The van der Waals surface area contributed by atoms with Crippen molar-refractivity contribution in [3.8, 4) is 0 Å². The molecule has 2 nitrogen and oxygen atoms in total. The van der Waals surface area contributed by atoms with Crippen LogP contribution in [0.3, 0.4) is 0 Å². The molecule has 2 rings (SSSR count). The molecule has 2 N–H and O–H groups in total. The summed E-state index contributed by atoms with van der Waals surface area (Å²) in [7, 11) is 0. The number of aryl methyl sites for hydroxylation is 2. The summed E-state index contributed by atoms with van der Waals surface area (Å²) in [5.74, 6) is 1.64. The van der Waals surface area contributed by atoms with Crippen LogP contribution in [0, 0.1) is 18.8 Å². The average molecular weight is 238 g/mol. The van der Waals surface area contributed by atoms with Gasteiger partial charge in [0, 0.05) is 4.88 Å². The number of hydrogen-bond acceptors (Lipinski definition) is 3. The normalized spacial score (nSPS) is 19.1. The highest BCUT2D eigenvalue weighted by Crippen LogP contribution is 2.33. The van der Waals surface area contributed by atoms with E-state index in [1.807, 2.05) is 5.51 Å². The molecule has 1 atom stereocenters. The van der Waals surface area contributed by atoms with Crippen molar-refractivity contribution in [2.45, 2.75) is 45.4 Å². The predicted molar refractivity (Wildman–Crippen MR) is 69.7 cm³/mol. The van der Waals surface area contributed by atoms with Gasteiger partial charge < -0.3 is 5.73 Å². The fourth-order valence-corrected chi connectivity index (χ4v) is 3.65. The SMILES string of the molecule is Cc1ncsc1CCC(CN)C1CCCC1. The van der Waals surface area contributed by atoms with Gasteiger partial charge in [0.25, 0.3) is 0 Å². The molecular formula is C13H22N2S. The van der Waals surface area contributed by atoms with Gasteiger partial charge in [0.05, 0.1) is 11.2 Å². The highest BCUT2D eigenvalue weighted by molar-refractivity contribution is 7.09. The van der Waals surface area contributed by atoms with Gasteiger partial charge in [0.2, 0.25) is 0 Å². The molecule has 16 heavy (non-hydrogen) atoms. The van der Waals surface area contributed by atoms with Crippen molar-refractivity contribution in [3.05, 3.63) is 16.1 Å². The molecule has 0 amide bonds. The lowest BCUT2D eigenvalue weighted by Crippen LogP contribution is -2.22.